The Hall–Kier alpha value is -0.780. The molecule has 2 N–H and O–H groups in total. The number of hydrogen-bond donors (Lipinski definition) is 1. The quantitative estimate of drug-likeness (QED) is 0.911. The standard InChI is InChI=1S/C11H15N3S2/c1-3-4-8-11(16-14-13-8)10(12)9-6-5-7(2)15-9/h5-6,10H,3-4,12H2,1-2H3. The van der Waals surface area contributed by atoms with Gasteiger partial charge in [-0.05, 0) is 37.0 Å². The maximum absolute atomic E-state index is 6.25. The average molecular weight is 253 g/mol. The first kappa shape index (κ1) is 11.7. The molecule has 0 aliphatic carbocycles. The first-order valence-corrected chi connectivity index (χ1v) is 6.94. The number of nitrogens with two attached hydrogens (primary N) is 1. The van der Waals surface area contributed by atoms with Gasteiger partial charge in [0.05, 0.1) is 16.6 Å². The van der Waals surface area contributed by atoms with Crippen LogP contribution in [0.4, 0.5) is 0 Å². The second-order valence-electron chi connectivity index (χ2n) is 3.76. The van der Waals surface area contributed by atoms with E-state index in [0.29, 0.717) is 0 Å². The van der Waals surface area contributed by atoms with Gasteiger partial charge in [0.15, 0.2) is 0 Å². The molecule has 3 nitrogen and oxygen atoms in total. The normalized spacial score (nSPS) is 12.9. The van der Waals surface area contributed by atoms with Crippen molar-refractivity contribution in [2.24, 2.45) is 5.73 Å². The fraction of sp³-hybridized carbons (Fsp3) is 0.455. The summed E-state index contributed by atoms with van der Waals surface area (Å²) in [6.07, 6.45) is 2.04. The van der Waals surface area contributed by atoms with Crippen LogP contribution in [0.3, 0.4) is 0 Å². The molecule has 0 fully saturated rings. The van der Waals surface area contributed by atoms with E-state index in [1.165, 1.54) is 21.3 Å². The highest BCUT2D eigenvalue weighted by molar-refractivity contribution is 7.12. The van der Waals surface area contributed by atoms with E-state index in [4.69, 9.17) is 5.73 Å². The summed E-state index contributed by atoms with van der Waals surface area (Å²) in [6.45, 7) is 4.24. The number of nitrogens with zero attached hydrogens (tertiary/aromatic N) is 2. The maximum atomic E-state index is 6.25. The molecule has 16 heavy (non-hydrogen) atoms. The largest absolute Gasteiger partial charge is 0.319 e. The molecule has 1 atom stereocenters. The van der Waals surface area contributed by atoms with E-state index in [9.17, 15) is 0 Å². The van der Waals surface area contributed by atoms with E-state index in [-0.39, 0.29) is 6.04 Å². The third-order valence-electron chi connectivity index (χ3n) is 2.42. The molecule has 0 saturated heterocycles. The van der Waals surface area contributed by atoms with Crippen LogP contribution in [0.25, 0.3) is 0 Å². The van der Waals surface area contributed by atoms with Crippen molar-refractivity contribution >= 4 is 22.9 Å². The number of aryl methyl sites for hydroxylation is 2. The van der Waals surface area contributed by atoms with Crippen LogP contribution in [-0.2, 0) is 6.42 Å². The SMILES string of the molecule is CCCc1nnsc1C(N)c1ccc(C)s1. The molecule has 5 heteroatoms. The van der Waals surface area contributed by atoms with Crippen molar-refractivity contribution in [2.75, 3.05) is 0 Å². The Morgan fingerprint density at radius 1 is 1.44 bits per heavy atom. The summed E-state index contributed by atoms with van der Waals surface area (Å²) < 4.78 is 4.01. The monoisotopic (exact) mass is 253 g/mol. The van der Waals surface area contributed by atoms with Crippen LogP contribution >= 0.6 is 22.9 Å². The molecule has 2 aromatic rings. The fourth-order valence-electron chi connectivity index (χ4n) is 1.61. The molecule has 0 bridgehead atoms. The van der Waals surface area contributed by atoms with Gasteiger partial charge in [-0.3, -0.25) is 0 Å². The van der Waals surface area contributed by atoms with Crippen molar-refractivity contribution in [2.45, 2.75) is 32.7 Å². The second kappa shape index (κ2) is 5.03. The molecule has 1 unspecified atom stereocenters. The Labute approximate surface area is 103 Å². The highest BCUT2D eigenvalue weighted by Gasteiger charge is 2.18. The van der Waals surface area contributed by atoms with Crippen LogP contribution in [0.2, 0.25) is 0 Å². The lowest BCUT2D eigenvalue weighted by Crippen LogP contribution is -2.10. The number of rotatable bonds is 4. The van der Waals surface area contributed by atoms with E-state index < -0.39 is 0 Å². The van der Waals surface area contributed by atoms with Gasteiger partial charge < -0.3 is 5.73 Å². The number of aromatic nitrogens is 2. The van der Waals surface area contributed by atoms with Gasteiger partial charge in [-0.2, -0.15) is 0 Å². The van der Waals surface area contributed by atoms with Crippen LogP contribution in [0, 0.1) is 6.92 Å². The molecule has 2 aromatic heterocycles. The van der Waals surface area contributed by atoms with Crippen LogP contribution in [-0.4, -0.2) is 9.59 Å². The molecule has 2 heterocycles. The fourth-order valence-corrected chi connectivity index (χ4v) is 3.29. The van der Waals surface area contributed by atoms with Crippen LogP contribution < -0.4 is 5.73 Å². The molecule has 86 valence electrons. The van der Waals surface area contributed by atoms with E-state index >= 15 is 0 Å². The first-order valence-electron chi connectivity index (χ1n) is 5.35. The van der Waals surface area contributed by atoms with Crippen molar-refractivity contribution in [3.63, 3.8) is 0 Å². The van der Waals surface area contributed by atoms with E-state index in [1.54, 1.807) is 11.3 Å². The van der Waals surface area contributed by atoms with Gasteiger partial charge in [0.25, 0.3) is 0 Å². The van der Waals surface area contributed by atoms with E-state index in [1.807, 2.05) is 0 Å². The lowest BCUT2D eigenvalue weighted by atomic mass is 10.1. The smallest absolute Gasteiger partial charge is 0.0807 e. The Morgan fingerprint density at radius 2 is 2.25 bits per heavy atom. The zero-order valence-corrected chi connectivity index (χ0v) is 11.1. The summed E-state index contributed by atoms with van der Waals surface area (Å²) in [5.74, 6) is 0. The summed E-state index contributed by atoms with van der Waals surface area (Å²) in [4.78, 5) is 3.60. The summed E-state index contributed by atoms with van der Waals surface area (Å²) in [7, 11) is 0. The molecule has 2 rings (SSSR count). The van der Waals surface area contributed by atoms with Gasteiger partial charge in [0.2, 0.25) is 0 Å². The molecule has 0 aliphatic heterocycles. The molecule has 0 amide bonds. The van der Waals surface area contributed by atoms with Crippen molar-refractivity contribution in [1.82, 2.24) is 9.59 Å². The predicted molar refractivity (Wildman–Crippen MR) is 69.0 cm³/mol. The Kier molecular flexibility index (Phi) is 3.68. The van der Waals surface area contributed by atoms with E-state index in [2.05, 4.69) is 35.6 Å². The first-order chi connectivity index (χ1) is 7.72. The second-order valence-corrected chi connectivity index (χ2v) is 5.87. The minimum absolute atomic E-state index is 0.0553. The minimum Gasteiger partial charge on any atom is -0.319 e. The van der Waals surface area contributed by atoms with Crippen LogP contribution in [0.1, 0.15) is 39.7 Å². The van der Waals surface area contributed by atoms with Crippen molar-refractivity contribution in [3.05, 3.63) is 32.5 Å². The van der Waals surface area contributed by atoms with Gasteiger partial charge in [0, 0.05) is 9.75 Å². The van der Waals surface area contributed by atoms with Crippen molar-refractivity contribution in [3.8, 4) is 0 Å². The molecule has 0 saturated carbocycles. The topological polar surface area (TPSA) is 51.8 Å². The lowest BCUT2D eigenvalue weighted by Gasteiger charge is -2.07. The minimum atomic E-state index is -0.0553. The van der Waals surface area contributed by atoms with Gasteiger partial charge in [-0.15, -0.1) is 16.4 Å². The van der Waals surface area contributed by atoms with Crippen LogP contribution in [0.5, 0.6) is 0 Å². The summed E-state index contributed by atoms with van der Waals surface area (Å²) >= 11 is 3.17. The lowest BCUT2D eigenvalue weighted by molar-refractivity contribution is 0.821. The zero-order valence-electron chi connectivity index (χ0n) is 9.43. The van der Waals surface area contributed by atoms with Gasteiger partial charge >= 0.3 is 0 Å². The molecule has 0 aliphatic rings. The molecule has 0 aromatic carbocycles. The number of thiophene rings is 1. The Bertz CT molecular complexity index is 461. The average Bonchev–Trinajstić information content (AvgIpc) is 2.87. The third kappa shape index (κ3) is 2.31. The van der Waals surface area contributed by atoms with Crippen molar-refractivity contribution in [1.29, 1.82) is 0 Å². The zero-order chi connectivity index (χ0) is 11.5. The van der Waals surface area contributed by atoms with Gasteiger partial charge in [0.1, 0.15) is 0 Å². The molecular formula is C11H15N3S2. The highest BCUT2D eigenvalue weighted by Crippen LogP contribution is 2.30. The third-order valence-corrected chi connectivity index (χ3v) is 4.36. The number of hydrogen-bond acceptors (Lipinski definition) is 5. The Morgan fingerprint density at radius 3 is 2.88 bits per heavy atom. The molecular weight excluding hydrogens is 238 g/mol. The highest BCUT2D eigenvalue weighted by atomic mass is 32.1. The Balaban J connectivity index is 2.26. The predicted octanol–water partition coefficient (Wildman–Crippen LogP) is 2.91. The maximum Gasteiger partial charge on any atom is 0.0807 e. The van der Waals surface area contributed by atoms with Gasteiger partial charge in [-0.25, -0.2) is 0 Å². The van der Waals surface area contributed by atoms with Crippen molar-refractivity contribution < 1.29 is 0 Å². The van der Waals surface area contributed by atoms with Crippen LogP contribution in [0.15, 0.2) is 12.1 Å². The molecule has 0 radical (unpaired) electrons. The summed E-state index contributed by atoms with van der Waals surface area (Å²) in [6, 6.07) is 4.15. The molecule has 0 spiro atoms. The van der Waals surface area contributed by atoms with Gasteiger partial charge in [-0.1, -0.05) is 17.8 Å². The summed E-state index contributed by atoms with van der Waals surface area (Å²) in [5, 5.41) is 4.15. The summed E-state index contributed by atoms with van der Waals surface area (Å²) in [5.41, 5.74) is 7.31. The van der Waals surface area contributed by atoms with E-state index in [0.717, 1.165) is 23.4 Å².